The van der Waals surface area contributed by atoms with Crippen molar-refractivity contribution in [3.63, 3.8) is 0 Å². The van der Waals surface area contributed by atoms with Gasteiger partial charge in [0.15, 0.2) is 5.13 Å². The zero-order chi connectivity index (χ0) is 19.2. The van der Waals surface area contributed by atoms with Gasteiger partial charge in [-0.25, -0.2) is 15.0 Å². The van der Waals surface area contributed by atoms with Crippen molar-refractivity contribution < 1.29 is 9.59 Å². The Morgan fingerprint density at radius 1 is 1.15 bits per heavy atom. The van der Waals surface area contributed by atoms with Crippen LogP contribution in [0.1, 0.15) is 26.4 Å². The van der Waals surface area contributed by atoms with E-state index in [2.05, 4.69) is 25.6 Å². The molecule has 1 aromatic carbocycles. The Labute approximate surface area is 160 Å². The van der Waals surface area contributed by atoms with Crippen LogP contribution >= 0.6 is 11.3 Å². The Morgan fingerprint density at radius 3 is 2.59 bits per heavy atom. The standard InChI is InChI=1S/C18H18N6O2S/c1-24(2)17(26)13-5-3-12(4-6-13)9-20-16(25)14-10-27-18(22-14)23-15-7-8-19-11-21-15/h3-8,10-11H,9H2,1-2H3,(H,20,25)(H,19,21,22,23). The molecule has 0 atom stereocenters. The number of aromatic nitrogens is 3. The molecule has 0 saturated heterocycles. The van der Waals surface area contributed by atoms with Crippen LogP contribution in [0.3, 0.4) is 0 Å². The average molecular weight is 382 g/mol. The molecule has 9 heteroatoms. The third kappa shape index (κ3) is 4.85. The molecule has 3 rings (SSSR count). The first-order chi connectivity index (χ1) is 13.0. The van der Waals surface area contributed by atoms with Gasteiger partial charge >= 0.3 is 0 Å². The summed E-state index contributed by atoms with van der Waals surface area (Å²) in [5.41, 5.74) is 1.83. The second-order valence-electron chi connectivity index (χ2n) is 5.84. The smallest absolute Gasteiger partial charge is 0.271 e. The summed E-state index contributed by atoms with van der Waals surface area (Å²) in [6.07, 6.45) is 3.05. The molecule has 2 heterocycles. The maximum absolute atomic E-state index is 12.3. The highest BCUT2D eigenvalue weighted by Gasteiger charge is 2.12. The predicted octanol–water partition coefficient (Wildman–Crippen LogP) is 2.31. The minimum Gasteiger partial charge on any atom is -0.347 e. The first kappa shape index (κ1) is 18.5. The van der Waals surface area contributed by atoms with Gasteiger partial charge in [0.25, 0.3) is 11.8 Å². The van der Waals surface area contributed by atoms with Crippen molar-refractivity contribution in [3.05, 3.63) is 65.1 Å². The van der Waals surface area contributed by atoms with E-state index in [1.807, 2.05) is 12.1 Å². The minimum atomic E-state index is -0.268. The van der Waals surface area contributed by atoms with Gasteiger partial charge in [0, 0.05) is 37.8 Å². The van der Waals surface area contributed by atoms with E-state index in [0.717, 1.165) is 5.56 Å². The summed E-state index contributed by atoms with van der Waals surface area (Å²) < 4.78 is 0. The topological polar surface area (TPSA) is 100 Å². The Kier molecular flexibility index (Phi) is 5.72. The Hall–Kier alpha value is -3.33. The van der Waals surface area contributed by atoms with Gasteiger partial charge in [0.2, 0.25) is 0 Å². The number of anilines is 2. The van der Waals surface area contributed by atoms with Crippen molar-refractivity contribution in [2.24, 2.45) is 0 Å². The zero-order valence-electron chi connectivity index (χ0n) is 14.8. The first-order valence-electron chi connectivity index (χ1n) is 8.10. The second kappa shape index (κ2) is 8.37. The van der Waals surface area contributed by atoms with E-state index < -0.39 is 0 Å². The van der Waals surface area contributed by atoms with Crippen molar-refractivity contribution in [1.29, 1.82) is 0 Å². The average Bonchev–Trinajstić information content (AvgIpc) is 3.15. The lowest BCUT2D eigenvalue weighted by Gasteiger charge is -2.10. The van der Waals surface area contributed by atoms with E-state index in [0.29, 0.717) is 28.8 Å². The van der Waals surface area contributed by atoms with Gasteiger partial charge in [0.1, 0.15) is 17.8 Å². The third-order valence-electron chi connectivity index (χ3n) is 3.61. The Balaban J connectivity index is 1.56. The number of hydrogen-bond acceptors (Lipinski definition) is 7. The van der Waals surface area contributed by atoms with E-state index >= 15 is 0 Å². The van der Waals surface area contributed by atoms with Crippen LogP contribution in [-0.2, 0) is 6.54 Å². The number of amides is 2. The zero-order valence-corrected chi connectivity index (χ0v) is 15.7. The molecule has 0 unspecified atom stereocenters. The molecule has 2 N–H and O–H groups in total. The number of thiazole rings is 1. The number of carbonyl (C=O) groups excluding carboxylic acids is 2. The lowest BCUT2D eigenvalue weighted by molar-refractivity contribution is 0.0827. The molecule has 138 valence electrons. The molecule has 27 heavy (non-hydrogen) atoms. The van der Waals surface area contributed by atoms with Crippen LogP contribution in [-0.4, -0.2) is 45.8 Å². The number of nitrogens with one attached hydrogen (secondary N) is 2. The molecule has 0 aliphatic carbocycles. The summed E-state index contributed by atoms with van der Waals surface area (Å²) in [6.45, 7) is 0.349. The SMILES string of the molecule is CN(C)C(=O)c1ccc(CNC(=O)c2csc(Nc3ccncn3)n2)cc1. The summed E-state index contributed by atoms with van der Waals surface area (Å²) in [4.78, 5) is 37.8. The lowest BCUT2D eigenvalue weighted by Crippen LogP contribution is -2.23. The third-order valence-corrected chi connectivity index (χ3v) is 4.37. The van der Waals surface area contributed by atoms with Crippen LogP contribution in [0.2, 0.25) is 0 Å². The summed E-state index contributed by atoms with van der Waals surface area (Å²) in [6, 6.07) is 8.85. The van der Waals surface area contributed by atoms with Crippen molar-refractivity contribution in [2.75, 3.05) is 19.4 Å². The van der Waals surface area contributed by atoms with Crippen molar-refractivity contribution in [3.8, 4) is 0 Å². The molecule has 3 aromatic rings. The number of rotatable bonds is 6. The van der Waals surface area contributed by atoms with Crippen LogP contribution in [0.5, 0.6) is 0 Å². The van der Waals surface area contributed by atoms with Gasteiger partial charge in [-0.1, -0.05) is 12.1 Å². The minimum absolute atomic E-state index is 0.0585. The van der Waals surface area contributed by atoms with E-state index in [4.69, 9.17) is 0 Å². The summed E-state index contributed by atoms with van der Waals surface area (Å²) in [5, 5.41) is 8.09. The molecular formula is C18H18N6O2S. The van der Waals surface area contributed by atoms with E-state index in [1.54, 1.807) is 43.9 Å². The highest BCUT2D eigenvalue weighted by Crippen LogP contribution is 2.19. The van der Waals surface area contributed by atoms with Crippen molar-refractivity contribution >= 4 is 34.1 Å². The normalized spacial score (nSPS) is 10.3. The lowest BCUT2D eigenvalue weighted by atomic mass is 10.1. The molecule has 0 aliphatic rings. The monoisotopic (exact) mass is 382 g/mol. The van der Waals surface area contributed by atoms with E-state index in [1.165, 1.54) is 22.6 Å². The predicted molar refractivity (Wildman–Crippen MR) is 103 cm³/mol. The summed E-state index contributed by atoms with van der Waals surface area (Å²) in [5.74, 6) is 0.283. The van der Waals surface area contributed by atoms with Crippen LogP contribution in [0.4, 0.5) is 10.9 Å². The van der Waals surface area contributed by atoms with Crippen LogP contribution < -0.4 is 10.6 Å². The van der Waals surface area contributed by atoms with Gasteiger partial charge in [-0.2, -0.15) is 0 Å². The Morgan fingerprint density at radius 2 is 1.93 bits per heavy atom. The molecule has 0 bridgehead atoms. The molecule has 2 amide bonds. The van der Waals surface area contributed by atoms with Crippen LogP contribution in [0.15, 0.2) is 48.2 Å². The number of carbonyl (C=O) groups is 2. The van der Waals surface area contributed by atoms with Gasteiger partial charge in [-0.3, -0.25) is 9.59 Å². The van der Waals surface area contributed by atoms with Gasteiger partial charge < -0.3 is 15.5 Å². The van der Waals surface area contributed by atoms with E-state index in [9.17, 15) is 9.59 Å². The first-order valence-corrected chi connectivity index (χ1v) is 8.98. The fourth-order valence-corrected chi connectivity index (χ4v) is 2.90. The van der Waals surface area contributed by atoms with Crippen molar-refractivity contribution in [2.45, 2.75) is 6.54 Å². The van der Waals surface area contributed by atoms with Crippen molar-refractivity contribution in [1.82, 2.24) is 25.2 Å². The molecule has 8 nitrogen and oxygen atoms in total. The van der Waals surface area contributed by atoms with Gasteiger partial charge in [-0.15, -0.1) is 11.3 Å². The number of benzene rings is 1. The molecule has 2 aromatic heterocycles. The maximum atomic E-state index is 12.3. The molecule has 0 fully saturated rings. The molecule has 0 aliphatic heterocycles. The quantitative estimate of drug-likeness (QED) is 0.679. The maximum Gasteiger partial charge on any atom is 0.271 e. The fourth-order valence-electron chi connectivity index (χ4n) is 2.21. The fraction of sp³-hybridized carbons (Fsp3) is 0.167. The number of nitrogens with zero attached hydrogens (tertiary/aromatic N) is 4. The largest absolute Gasteiger partial charge is 0.347 e. The molecule has 0 saturated carbocycles. The van der Waals surface area contributed by atoms with Crippen LogP contribution in [0, 0.1) is 0 Å². The Bertz CT molecular complexity index is 925. The molecular weight excluding hydrogens is 364 g/mol. The number of hydrogen-bond donors (Lipinski definition) is 2. The summed E-state index contributed by atoms with van der Waals surface area (Å²) >= 11 is 1.32. The summed E-state index contributed by atoms with van der Waals surface area (Å²) in [7, 11) is 3.41. The highest BCUT2D eigenvalue weighted by atomic mass is 32.1. The van der Waals surface area contributed by atoms with Gasteiger partial charge in [-0.05, 0) is 23.8 Å². The highest BCUT2D eigenvalue weighted by molar-refractivity contribution is 7.14. The molecule has 0 spiro atoms. The van der Waals surface area contributed by atoms with Gasteiger partial charge in [0.05, 0.1) is 0 Å². The van der Waals surface area contributed by atoms with E-state index in [-0.39, 0.29) is 11.8 Å². The van der Waals surface area contributed by atoms with Crippen LogP contribution in [0.25, 0.3) is 0 Å². The second-order valence-corrected chi connectivity index (χ2v) is 6.69. The molecule has 0 radical (unpaired) electrons.